The second-order valence-corrected chi connectivity index (χ2v) is 5.15. The summed E-state index contributed by atoms with van der Waals surface area (Å²) < 4.78 is 0. The molecule has 0 bridgehead atoms. The van der Waals surface area contributed by atoms with Gasteiger partial charge in [0.25, 0.3) is 0 Å². The van der Waals surface area contributed by atoms with Crippen molar-refractivity contribution in [3.63, 3.8) is 0 Å². The summed E-state index contributed by atoms with van der Waals surface area (Å²) in [4.78, 5) is 27.6. The molecule has 3 aliphatic rings. The number of rotatable bonds is 1. The highest BCUT2D eigenvalue weighted by Crippen LogP contribution is 2.27. The first-order valence-electron chi connectivity index (χ1n) is 6.32. The predicted molar refractivity (Wildman–Crippen MR) is 59.0 cm³/mol. The number of ketones is 1. The van der Waals surface area contributed by atoms with Crippen LogP contribution in [0.15, 0.2) is 0 Å². The number of piperazine rings is 1. The van der Waals surface area contributed by atoms with Crippen LogP contribution in [-0.2, 0) is 9.59 Å². The van der Waals surface area contributed by atoms with Gasteiger partial charge in [-0.05, 0) is 19.3 Å². The molecule has 2 saturated heterocycles. The first kappa shape index (κ1) is 10.3. The van der Waals surface area contributed by atoms with Gasteiger partial charge in [0.15, 0.2) is 0 Å². The van der Waals surface area contributed by atoms with Crippen LogP contribution in [0.4, 0.5) is 0 Å². The van der Waals surface area contributed by atoms with E-state index in [1.165, 1.54) is 0 Å². The quantitative estimate of drug-likeness (QED) is 0.645. The zero-order valence-electron chi connectivity index (χ0n) is 9.52. The lowest BCUT2D eigenvalue weighted by molar-refractivity contribution is -0.131. The molecular formula is C12H18N2O2. The lowest BCUT2D eigenvalue weighted by Crippen LogP contribution is -2.55. The van der Waals surface area contributed by atoms with Crippen molar-refractivity contribution in [3.05, 3.63) is 0 Å². The summed E-state index contributed by atoms with van der Waals surface area (Å²) in [5.74, 6) is 0.722. The molecule has 0 aromatic carbocycles. The zero-order valence-corrected chi connectivity index (χ0v) is 9.52. The van der Waals surface area contributed by atoms with Crippen molar-refractivity contribution in [2.24, 2.45) is 0 Å². The molecule has 2 aliphatic heterocycles. The Bertz CT molecular complexity index is 329. The SMILES string of the molecule is O=C1CCCC1N1CCN2C(=O)CCC2C1. The number of amides is 1. The molecule has 0 aromatic heterocycles. The van der Waals surface area contributed by atoms with Gasteiger partial charge in [0, 0.05) is 38.5 Å². The first-order chi connectivity index (χ1) is 7.75. The molecule has 2 heterocycles. The van der Waals surface area contributed by atoms with E-state index in [0.717, 1.165) is 45.3 Å². The van der Waals surface area contributed by atoms with E-state index in [0.29, 0.717) is 24.2 Å². The van der Waals surface area contributed by atoms with E-state index < -0.39 is 0 Å². The molecule has 0 spiro atoms. The summed E-state index contributed by atoms with van der Waals surface area (Å²) in [7, 11) is 0. The van der Waals surface area contributed by atoms with Crippen molar-refractivity contribution in [1.82, 2.24) is 9.80 Å². The number of hydrogen-bond acceptors (Lipinski definition) is 3. The van der Waals surface area contributed by atoms with E-state index >= 15 is 0 Å². The van der Waals surface area contributed by atoms with E-state index in [2.05, 4.69) is 4.90 Å². The van der Waals surface area contributed by atoms with Crippen LogP contribution in [0.2, 0.25) is 0 Å². The van der Waals surface area contributed by atoms with E-state index in [9.17, 15) is 9.59 Å². The van der Waals surface area contributed by atoms with Gasteiger partial charge in [-0.3, -0.25) is 14.5 Å². The fourth-order valence-corrected chi connectivity index (χ4v) is 3.35. The standard InChI is InChI=1S/C12H18N2O2/c15-11-3-1-2-10(11)13-6-7-14-9(8-13)4-5-12(14)16/h9-10H,1-8H2. The van der Waals surface area contributed by atoms with Gasteiger partial charge in [0.2, 0.25) is 5.91 Å². The summed E-state index contributed by atoms with van der Waals surface area (Å²) in [6, 6.07) is 0.549. The monoisotopic (exact) mass is 222 g/mol. The zero-order chi connectivity index (χ0) is 11.1. The number of carbonyl (C=O) groups excluding carboxylic acids is 2. The maximum Gasteiger partial charge on any atom is 0.222 e. The Morgan fingerprint density at radius 2 is 1.94 bits per heavy atom. The van der Waals surface area contributed by atoms with Gasteiger partial charge in [0.05, 0.1) is 6.04 Å². The molecule has 3 rings (SSSR count). The third-order valence-electron chi connectivity index (χ3n) is 4.24. The highest BCUT2D eigenvalue weighted by atomic mass is 16.2. The summed E-state index contributed by atoms with van der Waals surface area (Å²) in [6.07, 6.45) is 4.52. The fraction of sp³-hybridized carbons (Fsp3) is 0.833. The first-order valence-corrected chi connectivity index (χ1v) is 6.32. The van der Waals surface area contributed by atoms with Crippen molar-refractivity contribution < 1.29 is 9.59 Å². The van der Waals surface area contributed by atoms with Crippen molar-refractivity contribution in [2.75, 3.05) is 19.6 Å². The largest absolute Gasteiger partial charge is 0.337 e. The maximum atomic E-state index is 11.7. The van der Waals surface area contributed by atoms with Crippen molar-refractivity contribution in [3.8, 4) is 0 Å². The average Bonchev–Trinajstić information content (AvgIpc) is 2.86. The highest BCUT2D eigenvalue weighted by Gasteiger charge is 2.39. The Labute approximate surface area is 95.6 Å². The maximum absolute atomic E-state index is 11.7. The van der Waals surface area contributed by atoms with E-state index in [1.807, 2.05) is 4.90 Å². The topological polar surface area (TPSA) is 40.6 Å². The molecule has 1 amide bonds. The molecule has 4 heteroatoms. The minimum atomic E-state index is 0.165. The van der Waals surface area contributed by atoms with Crippen LogP contribution < -0.4 is 0 Å². The predicted octanol–water partition coefficient (Wildman–Crippen LogP) is 0.415. The van der Waals surface area contributed by atoms with Gasteiger partial charge in [-0.1, -0.05) is 0 Å². The lowest BCUT2D eigenvalue weighted by atomic mass is 10.1. The third-order valence-corrected chi connectivity index (χ3v) is 4.24. The molecule has 2 atom stereocenters. The second-order valence-electron chi connectivity index (χ2n) is 5.15. The highest BCUT2D eigenvalue weighted by molar-refractivity contribution is 5.86. The van der Waals surface area contributed by atoms with Crippen LogP contribution in [0.1, 0.15) is 32.1 Å². The number of nitrogens with zero attached hydrogens (tertiary/aromatic N) is 2. The molecule has 3 fully saturated rings. The summed E-state index contributed by atoms with van der Waals surface area (Å²) in [6.45, 7) is 2.63. The van der Waals surface area contributed by atoms with Gasteiger partial charge >= 0.3 is 0 Å². The van der Waals surface area contributed by atoms with Crippen LogP contribution in [0.25, 0.3) is 0 Å². The van der Waals surface area contributed by atoms with E-state index in [1.54, 1.807) is 0 Å². The fourth-order valence-electron chi connectivity index (χ4n) is 3.35. The van der Waals surface area contributed by atoms with Crippen LogP contribution >= 0.6 is 0 Å². The van der Waals surface area contributed by atoms with Crippen LogP contribution in [-0.4, -0.2) is 53.2 Å². The molecule has 0 N–H and O–H groups in total. The molecule has 4 nitrogen and oxygen atoms in total. The Morgan fingerprint density at radius 3 is 2.69 bits per heavy atom. The summed E-state index contributed by atoms with van der Waals surface area (Å²) >= 11 is 0. The lowest BCUT2D eigenvalue weighted by Gasteiger charge is -2.39. The van der Waals surface area contributed by atoms with Gasteiger partial charge in [-0.15, -0.1) is 0 Å². The molecular weight excluding hydrogens is 204 g/mol. The third kappa shape index (κ3) is 1.56. The van der Waals surface area contributed by atoms with Gasteiger partial charge in [-0.2, -0.15) is 0 Å². The van der Waals surface area contributed by atoms with Crippen LogP contribution in [0.3, 0.4) is 0 Å². The molecule has 1 aliphatic carbocycles. The summed E-state index contributed by atoms with van der Waals surface area (Å²) in [5, 5.41) is 0. The van der Waals surface area contributed by atoms with Crippen molar-refractivity contribution in [1.29, 1.82) is 0 Å². The molecule has 1 saturated carbocycles. The van der Waals surface area contributed by atoms with Crippen molar-refractivity contribution >= 4 is 11.7 Å². The Balaban J connectivity index is 1.68. The Kier molecular flexibility index (Phi) is 2.46. The van der Waals surface area contributed by atoms with Crippen LogP contribution in [0.5, 0.6) is 0 Å². The molecule has 0 radical (unpaired) electrons. The van der Waals surface area contributed by atoms with Gasteiger partial charge < -0.3 is 4.90 Å². The van der Waals surface area contributed by atoms with Crippen LogP contribution in [0, 0.1) is 0 Å². The van der Waals surface area contributed by atoms with E-state index in [4.69, 9.17) is 0 Å². The number of hydrogen-bond donors (Lipinski definition) is 0. The molecule has 16 heavy (non-hydrogen) atoms. The Hall–Kier alpha value is -0.900. The number of fused-ring (bicyclic) bond motifs is 1. The minimum absolute atomic E-state index is 0.165. The van der Waals surface area contributed by atoms with Crippen molar-refractivity contribution in [2.45, 2.75) is 44.2 Å². The number of Topliss-reactive ketones (excluding diaryl/α,β-unsaturated/α-hetero) is 1. The molecule has 2 unspecified atom stereocenters. The van der Waals surface area contributed by atoms with E-state index in [-0.39, 0.29) is 6.04 Å². The average molecular weight is 222 g/mol. The minimum Gasteiger partial charge on any atom is -0.337 e. The Morgan fingerprint density at radius 1 is 1.06 bits per heavy atom. The second kappa shape index (κ2) is 3.84. The van der Waals surface area contributed by atoms with Gasteiger partial charge in [0.1, 0.15) is 5.78 Å². The van der Waals surface area contributed by atoms with Gasteiger partial charge in [-0.25, -0.2) is 0 Å². The number of carbonyl (C=O) groups is 2. The molecule has 88 valence electrons. The normalized spacial score (nSPS) is 35.9. The smallest absolute Gasteiger partial charge is 0.222 e. The molecule has 0 aromatic rings. The summed E-state index contributed by atoms with van der Waals surface area (Å²) in [5.41, 5.74) is 0.